The first-order chi connectivity index (χ1) is 5.86. The van der Waals surface area contributed by atoms with Crippen LogP contribution in [-0.4, -0.2) is 24.2 Å². The van der Waals surface area contributed by atoms with E-state index < -0.39 is 11.4 Å². The van der Waals surface area contributed by atoms with Crippen molar-refractivity contribution in [2.75, 3.05) is 6.61 Å². The molecule has 0 saturated heterocycles. The third-order valence-corrected chi connectivity index (χ3v) is 1.85. The van der Waals surface area contributed by atoms with Crippen molar-refractivity contribution in [1.82, 2.24) is 0 Å². The fourth-order valence-electron chi connectivity index (χ4n) is 0.882. The highest BCUT2D eigenvalue weighted by Crippen LogP contribution is 2.08. The SMILES string of the molecule is CC(C)OCCCC(C)(N)C(N)=O. The van der Waals surface area contributed by atoms with Gasteiger partial charge in [-0.15, -0.1) is 0 Å². The van der Waals surface area contributed by atoms with E-state index in [9.17, 15) is 4.79 Å². The number of hydrogen-bond acceptors (Lipinski definition) is 3. The quantitative estimate of drug-likeness (QED) is 0.592. The van der Waals surface area contributed by atoms with E-state index in [0.717, 1.165) is 6.42 Å². The summed E-state index contributed by atoms with van der Waals surface area (Å²) >= 11 is 0. The molecule has 0 heterocycles. The van der Waals surface area contributed by atoms with Gasteiger partial charge in [-0.25, -0.2) is 0 Å². The lowest BCUT2D eigenvalue weighted by Gasteiger charge is -2.20. The molecule has 0 aliphatic carbocycles. The fraction of sp³-hybridized carbons (Fsp3) is 0.889. The molecule has 1 atom stereocenters. The normalized spacial score (nSPS) is 15.8. The van der Waals surface area contributed by atoms with Gasteiger partial charge in [-0.1, -0.05) is 0 Å². The van der Waals surface area contributed by atoms with Crippen molar-refractivity contribution in [3.8, 4) is 0 Å². The highest BCUT2D eigenvalue weighted by atomic mass is 16.5. The summed E-state index contributed by atoms with van der Waals surface area (Å²) in [7, 11) is 0. The van der Waals surface area contributed by atoms with E-state index in [-0.39, 0.29) is 6.10 Å². The molecule has 4 nitrogen and oxygen atoms in total. The molecule has 1 unspecified atom stereocenters. The van der Waals surface area contributed by atoms with Gasteiger partial charge >= 0.3 is 0 Å². The van der Waals surface area contributed by atoms with Crippen LogP contribution in [0, 0.1) is 0 Å². The minimum Gasteiger partial charge on any atom is -0.379 e. The van der Waals surface area contributed by atoms with Crippen LogP contribution >= 0.6 is 0 Å². The lowest BCUT2D eigenvalue weighted by Crippen LogP contribution is -2.49. The van der Waals surface area contributed by atoms with E-state index in [2.05, 4.69) is 0 Å². The second-order valence-electron chi connectivity index (χ2n) is 3.80. The topological polar surface area (TPSA) is 78.3 Å². The summed E-state index contributed by atoms with van der Waals surface area (Å²) in [5.74, 6) is -0.461. The summed E-state index contributed by atoms with van der Waals surface area (Å²) in [6.45, 7) is 6.20. The monoisotopic (exact) mass is 188 g/mol. The summed E-state index contributed by atoms with van der Waals surface area (Å²) in [6.07, 6.45) is 1.54. The molecule has 0 radical (unpaired) electrons. The van der Waals surface area contributed by atoms with Crippen molar-refractivity contribution in [3.05, 3.63) is 0 Å². The molecule has 0 fully saturated rings. The maximum absolute atomic E-state index is 10.8. The highest BCUT2D eigenvalue weighted by molar-refractivity contribution is 5.83. The van der Waals surface area contributed by atoms with E-state index in [4.69, 9.17) is 16.2 Å². The third kappa shape index (κ3) is 5.60. The Kier molecular flexibility index (Phi) is 4.95. The predicted octanol–water partition coefficient (Wildman–Crippen LogP) is 0.394. The maximum Gasteiger partial charge on any atom is 0.237 e. The van der Waals surface area contributed by atoms with Gasteiger partial charge in [0.2, 0.25) is 5.91 Å². The van der Waals surface area contributed by atoms with E-state index in [1.165, 1.54) is 0 Å². The minimum atomic E-state index is -0.902. The Balaban J connectivity index is 3.58. The predicted molar refractivity (Wildman–Crippen MR) is 52.1 cm³/mol. The summed E-state index contributed by atoms with van der Waals surface area (Å²) < 4.78 is 5.31. The Bertz CT molecular complexity index is 167. The molecular formula is C9H20N2O2. The molecule has 13 heavy (non-hydrogen) atoms. The molecule has 4 N–H and O–H groups in total. The molecule has 0 aliphatic rings. The summed E-state index contributed by atoms with van der Waals surface area (Å²) in [5.41, 5.74) is 9.85. The molecule has 0 aliphatic heterocycles. The highest BCUT2D eigenvalue weighted by Gasteiger charge is 2.24. The summed E-state index contributed by atoms with van der Waals surface area (Å²) in [4.78, 5) is 10.8. The van der Waals surface area contributed by atoms with Crippen LogP contribution in [0.3, 0.4) is 0 Å². The van der Waals surface area contributed by atoms with Crippen molar-refractivity contribution < 1.29 is 9.53 Å². The fourth-order valence-corrected chi connectivity index (χ4v) is 0.882. The maximum atomic E-state index is 10.8. The second-order valence-corrected chi connectivity index (χ2v) is 3.80. The van der Waals surface area contributed by atoms with Crippen LogP contribution < -0.4 is 11.5 Å². The standard InChI is InChI=1S/C9H20N2O2/c1-7(2)13-6-4-5-9(3,11)8(10)12/h7H,4-6,11H2,1-3H3,(H2,10,12). The zero-order chi connectivity index (χ0) is 10.5. The molecule has 0 aromatic heterocycles. The lowest BCUT2D eigenvalue weighted by molar-refractivity contribution is -0.122. The number of hydrogen-bond donors (Lipinski definition) is 2. The van der Waals surface area contributed by atoms with Crippen LogP contribution in [0.4, 0.5) is 0 Å². The van der Waals surface area contributed by atoms with E-state index in [1.807, 2.05) is 13.8 Å². The minimum absolute atomic E-state index is 0.220. The molecule has 78 valence electrons. The molecule has 0 rings (SSSR count). The first-order valence-electron chi connectivity index (χ1n) is 4.56. The molecular weight excluding hydrogens is 168 g/mol. The lowest BCUT2D eigenvalue weighted by atomic mass is 9.97. The zero-order valence-electron chi connectivity index (χ0n) is 8.67. The average molecular weight is 188 g/mol. The number of nitrogens with two attached hydrogens (primary N) is 2. The molecule has 0 aromatic rings. The smallest absolute Gasteiger partial charge is 0.237 e. The average Bonchev–Trinajstić information content (AvgIpc) is 1.97. The van der Waals surface area contributed by atoms with Crippen molar-refractivity contribution >= 4 is 5.91 Å². The number of carbonyl (C=O) groups excluding carboxylic acids is 1. The van der Waals surface area contributed by atoms with Crippen molar-refractivity contribution in [2.45, 2.75) is 45.3 Å². The van der Waals surface area contributed by atoms with Crippen LogP contribution in [0.2, 0.25) is 0 Å². The third-order valence-electron chi connectivity index (χ3n) is 1.85. The molecule has 0 saturated carbocycles. The van der Waals surface area contributed by atoms with Gasteiger partial charge < -0.3 is 16.2 Å². The molecule has 1 amide bonds. The zero-order valence-corrected chi connectivity index (χ0v) is 8.67. The Labute approximate surface area is 79.6 Å². The number of primary amides is 1. The van der Waals surface area contributed by atoms with Crippen LogP contribution in [0.15, 0.2) is 0 Å². The van der Waals surface area contributed by atoms with Gasteiger partial charge in [-0.05, 0) is 33.6 Å². The first-order valence-corrected chi connectivity index (χ1v) is 4.56. The number of amides is 1. The largest absolute Gasteiger partial charge is 0.379 e. The Morgan fingerprint density at radius 3 is 2.46 bits per heavy atom. The van der Waals surface area contributed by atoms with Crippen LogP contribution in [0.25, 0.3) is 0 Å². The number of ether oxygens (including phenoxy) is 1. The van der Waals surface area contributed by atoms with E-state index in [0.29, 0.717) is 13.0 Å². The van der Waals surface area contributed by atoms with Gasteiger partial charge in [0, 0.05) is 6.61 Å². The van der Waals surface area contributed by atoms with Gasteiger partial charge in [0.25, 0.3) is 0 Å². The molecule has 0 spiro atoms. The van der Waals surface area contributed by atoms with E-state index in [1.54, 1.807) is 6.92 Å². The first kappa shape index (κ1) is 12.4. The Hall–Kier alpha value is -0.610. The van der Waals surface area contributed by atoms with Crippen molar-refractivity contribution in [2.24, 2.45) is 11.5 Å². The van der Waals surface area contributed by atoms with Gasteiger partial charge in [0.1, 0.15) is 0 Å². The Morgan fingerprint density at radius 2 is 2.08 bits per heavy atom. The number of rotatable bonds is 6. The molecule has 4 heteroatoms. The number of carbonyl (C=O) groups is 1. The van der Waals surface area contributed by atoms with Crippen LogP contribution in [0.5, 0.6) is 0 Å². The van der Waals surface area contributed by atoms with Crippen LogP contribution in [0.1, 0.15) is 33.6 Å². The molecule has 0 aromatic carbocycles. The molecule has 0 bridgehead atoms. The van der Waals surface area contributed by atoms with E-state index >= 15 is 0 Å². The van der Waals surface area contributed by atoms with Crippen molar-refractivity contribution in [3.63, 3.8) is 0 Å². The van der Waals surface area contributed by atoms with Gasteiger partial charge in [0.05, 0.1) is 11.6 Å². The summed E-state index contributed by atoms with van der Waals surface area (Å²) in [5, 5.41) is 0. The van der Waals surface area contributed by atoms with Gasteiger partial charge in [-0.2, -0.15) is 0 Å². The Morgan fingerprint density at radius 1 is 1.54 bits per heavy atom. The van der Waals surface area contributed by atoms with Gasteiger partial charge in [-0.3, -0.25) is 4.79 Å². The van der Waals surface area contributed by atoms with Crippen LogP contribution in [-0.2, 0) is 9.53 Å². The summed E-state index contributed by atoms with van der Waals surface area (Å²) in [6, 6.07) is 0. The van der Waals surface area contributed by atoms with Crippen molar-refractivity contribution in [1.29, 1.82) is 0 Å². The van der Waals surface area contributed by atoms with Gasteiger partial charge in [0.15, 0.2) is 0 Å². The second kappa shape index (κ2) is 5.19.